The van der Waals surface area contributed by atoms with E-state index in [0.717, 1.165) is 53.1 Å². The van der Waals surface area contributed by atoms with Gasteiger partial charge in [-0.05, 0) is 82.2 Å². The van der Waals surface area contributed by atoms with Crippen LogP contribution in [0.1, 0.15) is 64.4 Å². The van der Waals surface area contributed by atoms with Crippen LogP contribution in [0.3, 0.4) is 0 Å². The summed E-state index contributed by atoms with van der Waals surface area (Å²) in [6.07, 6.45) is 3.89. The van der Waals surface area contributed by atoms with E-state index in [1.165, 1.54) is 28.0 Å². The van der Waals surface area contributed by atoms with Gasteiger partial charge in [-0.2, -0.15) is 0 Å². The van der Waals surface area contributed by atoms with Gasteiger partial charge in [0.1, 0.15) is 17.4 Å². The van der Waals surface area contributed by atoms with E-state index in [1.807, 2.05) is 37.5 Å². The second-order valence-electron chi connectivity index (χ2n) is 8.78. The molecule has 0 spiro atoms. The lowest BCUT2D eigenvalue weighted by atomic mass is 9.95. The van der Waals surface area contributed by atoms with E-state index in [2.05, 4.69) is 15.5 Å². The second-order valence-corrected chi connectivity index (χ2v) is 11.2. The van der Waals surface area contributed by atoms with Crippen LogP contribution in [0.25, 0.3) is 0 Å². The maximum absolute atomic E-state index is 12.9. The van der Waals surface area contributed by atoms with Gasteiger partial charge >= 0.3 is 5.97 Å². The molecule has 8 nitrogen and oxygen atoms in total. The first-order valence-electron chi connectivity index (χ1n) is 12.4. The minimum absolute atomic E-state index is 0.138. The first kappa shape index (κ1) is 27.5. The van der Waals surface area contributed by atoms with E-state index < -0.39 is 0 Å². The highest BCUT2D eigenvalue weighted by atomic mass is 35.5. The summed E-state index contributed by atoms with van der Waals surface area (Å²) in [6, 6.07) is 3.80. The van der Waals surface area contributed by atoms with Crippen molar-refractivity contribution in [2.45, 2.75) is 71.7 Å². The molecular weight excluding hydrogens is 532 g/mol. The van der Waals surface area contributed by atoms with Crippen LogP contribution in [0.15, 0.2) is 17.3 Å². The molecule has 4 rings (SSSR count). The molecule has 0 unspecified atom stereocenters. The van der Waals surface area contributed by atoms with Gasteiger partial charge in [0.05, 0.1) is 17.9 Å². The van der Waals surface area contributed by atoms with Crippen molar-refractivity contribution < 1.29 is 19.1 Å². The Hall–Kier alpha value is -2.56. The first-order valence-corrected chi connectivity index (χ1v) is 14.6. The van der Waals surface area contributed by atoms with Crippen molar-refractivity contribution in [3.63, 3.8) is 0 Å². The number of anilines is 1. The summed E-state index contributed by atoms with van der Waals surface area (Å²) in [5.74, 6) is 0.955. The molecule has 0 fully saturated rings. The van der Waals surface area contributed by atoms with Crippen molar-refractivity contribution in [3.8, 4) is 5.75 Å². The van der Waals surface area contributed by atoms with Crippen LogP contribution in [0, 0.1) is 13.8 Å². The maximum Gasteiger partial charge on any atom is 0.341 e. The third-order valence-corrected chi connectivity index (χ3v) is 8.89. The van der Waals surface area contributed by atoms with Crippen molar-refractivity contribution in [3.05, 3.63) is 50.1 Å². The van der Waals surface area contributed by atoms with Crippen molar-refractivity contribution >= 4 is 51.6 Å². The smallest absolute Gasteiger partial charge is 0.341 e. The molecular formula is C26H31ClN4O4S2. The SMILES string of the molecule is CCOC(=O)c1c(NC(=O)CSc2nnc(COc3cc(C)c(Cl)c(C)c3)n2CC)sc2c1CCCC2. The lowest BCUT2D eigenvalue weighted by Gasteiger charge is -2.12. The van der Waals surface area contributed by atoms with Crippen molar-refractivity contribution in [1.29, 1.82) is 0 Å². The number of nitrogens with one attached hydrogen (secondary N) is 1. The molecule has 2 heterocycles. The standard InChI is InChI=1S/C26H31ClN4O4S2/c1-5-31-20(13-35-17-11-15(3)23(27)16(4)12-17)29-30-26(31)36-14-21(32)28-24-22(25(33)34-6-2)18-9-7-8-10-19(18)37-24/h11-12H,5-10,13-14H2,1-4H3,(H,28,32). The van der Waals surface area contributed by atoms with E-state index in [9.17, 15) is 9.59 Å². The molecule has 0 radical (unpaired) electrons. The number of carbonyl (C=O) groups excluding carboxylic acids is 2. The molecule has 198 valence electrons. The summed E-state index contributed by atoms with van der Waals surface area (Å²) < 4.78 is 13.2. The average molecular weight is 563 g/mol. The van der Waals surface area contributed by atoms with Crippen LogP contribution in [0.4, 0.5) is 5.00 Å². The van der Waals surface area contributed by atoms with Crippen molar-refractivity contribution in [1.82, 2.24) is 14.8 Å². The number of aromatic nitrogens is 3. The van der Waals surface area contributed by atoms with Crippen LogP contribution >= 0.6 is 34.7 Å². The van der Waals surface area contributed by atoms with Crippen LogP contribution in [-0.2, 0) is 35.5 Å². The Labute approximate surface area is 230 Å². The topological polar surface area (TPSA) is 95.3 Å². The predicted molar refractivity (Wildman–Crippen MR) is 147 cm³/mol. The van der Waals surface area contributed by atoms with Gasteiger partial charge in [-0.25, -0.2) is 4.79 Å². The molecule has 37 heavy (non-hydrogen) atoms. The molecule has 1 amide bonds. The number of aryl methyl sites for hydroxylation is 3. The van der Waals surface area contributed by atoms with Crippen LogP contribution in [0.2, 0.25) is 5.02 Å². The summed E-state index contributed by atoms with van der Waals surface area (Å²) in [4.78, 5) is 26.7. The Kier molecular flexibility index (Phi) is 9.15. The monoisotopic (exact) mass is 562 g/mol. The highest BCUT2D eigenvalue weighted by Gasteiger charge is 2.27. The molecule has 0 atom stereocenters. The number of carbonyl (C=O) groups is 2. The third-order valence-electron chi connectivity index (χ3n) is 6.12. The molecule has 0 aliphatic heterocycles. The number of rotatable bonds is 10. The third kappa shape index (κ3) is 6.30. The Bertz CT molecular complexity index is 1280. The van der Waals surface area contributed by atoms with Gasteiger partial charge in [0.2, 0.25) is 5.91 Å². The summed E-state index contributed by atoms with van der Waals surface area (Å²) >= 11 is 9.04. The second kappa shape index (κ2) is 12.3. The van der Waals surface area contributed by atoms with E-state index in [1.54, 1.807) is 6.92 Å². The van der Waals surface area contributed by atoms with Gasteiger partial charge < -0.3 is 19.4 Å². The van der Waals surface area contributed by atoms with Gasteiger partial charge in [0.15, 0.2) is 11.0 Å². The lowest BCUT2D eigenvalue weighted by molar-refractivity contribution is -0.113. The molecule has 0 bridgehead atoms. The molecule has 2 aromatic heterocycles. The number of nitrogens with zero attached hydrogens (tertiary/aromatic N) is 3. The lowest BCUT2D eigenvalue weighted by Crippen LogP contribution is -2.17. The zero-order chi connectivity index (χ0) is 26.5. The molecule has 1 N–H and O–H groups in total. The number of hydrogen-bond donors (Lipinski definition) is 1. The van der Waals surface area contributed by atoms with Crippen LogP contribution in [0.5, 0.6) is 5.75 Å². The largest absolute Gasteiger partial charge is 0.486 e. The quantitative estimate of drug-likeness (QED) is 0.239. The molecule has 3 aromatic rings. The highest BCUT2D eigenvalue weighted by molar-refractivity contribution is 7.99. The van der Waals surface area contributed by atoms with Gasteiger partial charge in [-0.3, -0.25) is 4.79 Å². The number of ether oxygens (including phenoxy) is 2. The van der Waals surface area contributed by atoms with E-state index >= 15 is 0 Å². The number of esters is 1. The molecule has 0 saturated carbocycles. The summed E-state index contributed by atoms with van der Waals surface area (Å²) in [6.45, 7) is 8.84. The first-order chi connectivity index (χ1) is 17.8. The van der Waals surface area contributed by atoms with E-state index in [4.69, 9.17) is 21.1 Å². The fourth-order valence-corrected chi connectivity index (χ4v) is 6.58. The van der Waals surface area contributed by atoms with E-state index in [0.29, 0.717) is 34.7 Å². The summed E-state index contributed by atoms with van der Waals surface area (Å²) in [5, 5.41) is 13.4. The Balaban J connectivity index is 1.41. The fraction of sp³-hybridized carbons (Fsp3) is 0.462. The average Bonchev–Trinajstić information content (AvgIpc) is 3.44. The number of thioether (sulfide) groups is 1. The van der Waals surface area contributed by atoms with Crippen LogP contribution < -0.4 is 10.1 Å². The van der Waals surface area contributed by atoms with Crippen LogP contribution in [-0.4, -0.2) is 39.0 Å². The van der Waals surface area contributed by atoms with Gasteiger partial charge in [-0.1, -0.05) is 23.4 Å². The van der Waals surface area contributed by atoms with Crippen molar-refractivity contribution in [2.24, 2.45) is 0 Å². The number of fused-ring (bicyclic) bond motifs is 1. The zero-order valence-electron chi connectivity index (χ0n) is 21.5. The van der Waals surface area contributed by atoms with Gasteiger partial charge in [0.25, 0.3) is 0 Å². The summed E-state index contributed by atoms with van der Waals surface area (Å²) in [5.41, 5.74) is 3.45. The van der Waals surface area contributed by atoms with Gasteiger partial charge in [-0.15, -0.1) is 21.5 Å². The van der Waals surface area contributed by atoms with Crippen molar-refractivity contribution in [2.75, 3.05) is 17.7 Å². The number of benzene rings is 1. The summed E-state index contributed by atoms with van der Waals surface area (Å²) in [7, 11) is 0. The minimum atomic E-state index is -0.369. The molecule has 1 aromatic carbocycles. The molecule has 1 aliphatic carbocycles. The number of amides is 1. The predicted octanol–water partition coefficient (Wildman–Crippen LogP) is 6.00. The normalized spacial score (nSPS) is 12.8. The Morgan fingerprint density at radius 2 is 1.89 bits per heavy atom. The number of halogens is 1. The number of hydrogen-bond acceptors (Lipinski definition) is 8. The minimum Gasteiger partial charge on any atom is -0.486 e. The molecule has 1 aliphatic rings. The molecule has 0 saturated heterocycles. The highest BCUT2D eigenvalue weighted by Crippen LogP contribution is 2.38. The number of thiophene rings is 1. The van der Waals surface area contributed by atoms with E-state index in [-0.39, 0.29) is 24.2 Å². The Morgan fingerprint density at radius 1 is 1.16 bits per heavy atom. The fourth-order valence-electron chi connectivity index (χ4n) is 4.35. The molecule has 11 heteroatoms. The maximum atomic E-state index is 12.9. The van der Waals surface area contributed by atoms with Gasteiger partial charge in [0, 0.05) is 16.4 Å². The zero-order valence-corrected chi connectivity index (χ0v) is 23.9. The Morgan fingerprint density at radius 3 is 2.59 bits per heavy atom.